The van der Waals surface area contributed by atoms with Gasteiger partial charge in [-0.3, -0.25) is 4.68 Å². The van der Waals surface area contributed by atoms with E-state index in [1.807, 2.05) is 43.7 Å². The van der Waals surface area contributed by atoms with Gasteiger partial charge in [-0.05, 0) is 32.4 Å². The number of ether oxygens (including phenoxy) is 1. The number of para-hydroxylation sites is 1. The second-order valence-electron chi connectivity index (χ2n) is 4.44. The summed E-state index contributed by atoms with van der Waals surface area (Å²) >= 11 is 6.24. The normalized spacial score (nSPS) is 10.7. The number of rotatable bonds is 4. The number of hydrogen-bond acceptors (Lipinski definition) is 3. The molecule has 0 amide bonds. The first-order valence-electron chi connectivity index (χ1n) is 6.24. The zero-order valence-electron chi connectivity index (χ0n) is 11.4. The quantitative estimate of drug-likeness (QED) is 0.874. The van der Waals surface area contributed by atoms with Crippen LogP contribution < -0.4 is 10.5 Å². The van der Waals surface area contributed by atoms with Crippen molar-refractivity contribution in [3.8, 4) is 5.75 Å². The fourth-order valence-corrected chi connectivity index (χ4v) is 2.21. The third kappa shape index (κ3) is 2.68. The highest BCUT2D eigenvalue weighted by Gasteiger charge is 2.14. The molecular weight excluding hydrogens is 262 g/mol. The summed E-state index contributed by atoms with van der Waals surface area (Å²) in [6.45, 7) is 7.00. The van der Waals surface area contributed by atoms with Gasteiger partial charge in [0.2, 0.25) is 0 Å². The molecule has 0 aliphatic carbocycles. The highest BCUT2D eigenvalue weighted by molar-refractivity contribution is 6.31. The van der Waals surface area contributed by atoms with Crippen LogP contribution in [0.4, 0.5) is 5.69 Å². The van der Waals surface area contributed by atoms with Gasteiger partial charge in [-0.1, -0.05) is 23.7 Å². The molecule has 19 heavy (non-hydrogen) atoms. The van der Waals surface area contributed by atoms with Crippen LogP contribution in [0, 0.1) is 13.8 Å². The molecule has 0 spiro atoms. The lowest BCUT2D eigenvalue weighted by Crippen LogP contribution is -2.08. The fourth-order valence-electron chi connectivity index (χ4n) is 2.02. The van der Waals surface area contributed by atoms with Crippen LogP contribution in [0.1, 0.15) is 23.9 Å². The molecule has 1 aromatic heterocycles. The smallest absolute Gasteiger partial charge is 0.145 e. The van der Waals surface area contributed by atoms with Crippen LogP contribution in [-0.4, -0.2) is 9.78 Å². The molecule has 2 rings (SSSR count). The first-order valence-corrected chi connectivity index (χ1v) is 6.62. The van der Waals surface area contributed by atoms with E-state index in [1.165, 1.54) is 0 Å². The monoisotopic (exact) mass is 279 g/mol. The predicted octanol–water partition coefficient (Wildman–Crippen LogP) is 3.33. The molecule has 0 bridgehead atoms. The molecule has 4 nitrogen and oxygen atoms in total. The van der Waals surface area contributed by atoms with Gasteiger partial charge in [-0.25, -0.2) is 0 Å². The first-order chi connectivity index (χ1) is 9.04. The molecule has 0 aliphatic rings. The summed E-state index contributed by atoms with van der Waals surface area (Å²) in [5, 5.41) is 5.02. The summed E-state index contributed by atoms with van der Waals surface area (Å²) in [6.07, 6.45) is 0. The van der Waals surface area contributed by atoms with Gasteiger partial charge in [-0.2, -0.15) is 5.10 Å². The molecule has 2 aromatic rings. The lowest BCUT2D eigenvalue weighted by Gasteiger charge is -2.12. The van der Waals surface area contributed by atoms with E-state index in [9.17, 15) is 0 Å². The largest absolute Gasteiger partial charge is 0.485 e. The van der Waals surface area contributed by atoms with Crippen molar-refractivity contribution >= 4 is 17.3 Å². The van der Waals surface area contributed by atoms with Gasteiger partial charge in [0.05, 0.1) is 22.1 Å². The molecule has 0 aliphatic heterocycles. The minimum atomic E-state index is 0.364. The van der Waals surface area contributed by atoms with Crippen LogP contribution in [0.3, 0.4) is 0 Å². The summed E-state index contributed by atoms with van der Waals surface area (Å²) in [5.74, 6) is 0.708. The summed E-state index contributed by atoms with van der Waals surface area (Å²) < 4.78 is 7.67. The van der Waals surface area contributed by atoms with Crippen molar-refractivity contribution in [2.75, 3.05) is 5.73 Å². The molecule has 0 unspecified atom stereocenters. The molecule has 0 fully saturated rings. The molecule has 1 aromatic carbocycles. The Labute approximate surface area is 118 Å². The van der Waals surface area contributed by atoms with E-state index in [0.29, 0.717) is 23.1 Å². The minimum Gasteiger partial charge on any atom is -0.485 e. The Hall–Kier alpha value is -1.68. The maximum absolute atomic E-state index is 6.24. The van der Waals surface area contributed by atoms with Gasteiger partial charge in [-0.15, -0.1) is 0 Å². The van der Waals surface area contributed by atoms with E-state index >= 15 is 0 Å². The van der Waals surface area contributed by atoms with E-state index < -0.39 is 0 Å². The Morgan fingerprint density at radius 2 is 2.11 bits per heavy atom. The molecule has 2 N–H and O–H groups in total. The Morgan fingerprint density at radius 1 is 1.37 bits per heavy atom. The summed E-state index contributed by atoms with van der Waals surface area (Å²) in [6, 6.07) is 5.70. The highest BCUT2D eigenvalue weighted by atomic mass is 35.5. The van der Waals surface area contributed by atoms with Crippen molar-refractivity contribution in [3.05, 3.63) is 40.2 Å². The zero-order valence-corrected chi connectivity index (χ0v) is 12.2. The van der Waals surface area contributed by atoms with Crippen LogP contribution in [0.2, 0.25) is 5.02 Å². The number of anilines is 1. The lowest BCUT2D eigenvalue weighted by atomic mass is 10.2. The van der Waals surface area contributed by atoms with Gasteiger partial charge in [0.25, 0.3) is 0 Å². The Kier molecular flexibility index (Phi) is 4.00. The maximum Gasteiger partial charge on any atom is 0.145 e. The van der Waals surface area contributed by atoms with Crippen LogP contribution in [0.5, 0.6) is 5.75 Å². The van der Waals surface area contributed by atoms with Gasteiger partial charge in [0.15, 0.2) is 0 Å². The standard InChI is InChI=1S/C14H18ClN3O/c1-4-18-12(13(15)10(3)17-18)8-19-14-9(2)6-5-7-11(14)16/h5-7H,4,8,16H2,1-3H3. The number of halogens is 1. The topological polar surface area (TPSA) is 53.1 Å². The van der Waals surface area contributed by atoms with E-state index in [4.69, 9.17) is 22.1 Å². The van der Waals surface area contributed by atoms with E-state index in [1.54, 1.807) is 0 Å². The number of nitrogens with zero attached hydrogens (tertiary/aromatic N) is 2. The van der Waals surface area contributed by atoms with Crippen molar-refractivity contribution in [3.63, 3.8) is 0 Å². The Morgan fingerprint density at radius 3 is 2.74 bits per heavy atom. The van der Waals surface area contributed by atoms with Gasteiger partial charge >= 0.3 is 0 Å². The molecule has 5 heteroatoms. The lowest BCUT2D eigenvalue weighted by molar-refractivity contribution is 0.292. The number of aryl methyl sites for hydroxylation is 3. The second-order valence-corrected chi connectivity index (χ2v) is 4.82. The van der Waals surface area contributed by atoms with Crippen LogP contribution in [0.15, 0.2) is 18.2 Å². The number of benzene rings is 1. The maximum atomic E-state index is 6.24. The summed E-state index contributed by atoms with van der Waals surface area (Å²) in [5.41, 5.74) is 9.26. The summed E-state index contributed by atoms with van der Waals surface area (Å²) in [7, 11) is 0. The molecule has 0 radical (unpaired) electrons. The average Bonchev–Trinajstić information content (AvgIpc) is 2.65. The molecule has 0 atom stereocenters. The molecule has 0 saturated carbocycles. The van der Waals surface area contributed by atoms with Crippen LogP contribution in [0.25, 0.3) is 0 Å². The van der Waals surface area contributed by atoms with E-state index in [2.05, 4.69) is 5.10 Å². The Bertz CT molecular complexity index is 572. The fraction of sp³-hybridized carbons (Fsp3) is 0.357. The molecular formula is C14H18ClN3O. The van der Waals surface area contributed by atoms with Gasteiger partial charge < -0.3 is 10.5 Å². The minimum absolute atomic E-state index is 0.364. The van der Waals surface area contributed by atoms with Crippen LogP contribution in [-0.2, 0) is 13.2 Å². The zero-order chi connectivity index (χ0) is 14.0. The predicted molar refractivity (Wildman–Crippen MR) is 77.6 cm³/mol. The average molecular weight is 280 g/mol. The number of nitrogens with two attached hydrogens (primary N) is 1. The van der Waals surface area contributed by atoms with E-state index in [0.717, 1.165) is 23.5 Å². The number of aromatic nitrogens is 2. The van der Waals surface area contributed by atoms with Crippen LogP contribution >= 0.6 is 11.6 Å². The van der Waals surface area contributed by atoms with Gasteiger partial charge in [0, 0.05) is 6.54 Å². The molecule has 1 heterocycles. The number of hydrogen-bond donors (Lipinski definition) is 1. The van der Waals surface area contributed by atoms with Crippen molar-refractivity contribution in [2.24, 2.45) is 0 Å². The Balaban J connectivity index is 2.24. The molecule has 102 valence electrons. The van der Waals surface area contributed by atoms with Gasteiger partial charge in [0.1, 0.15) is 12.4 Å². The van der Waals surface area contributed by atoms with Crippen molar-refractivity contribution in [1.82, 2.24) is 9.78 Å². The SMILES string of the molecule is CCn1nc(C)c(Cl)c1COc1c(C)cccc1N. The second kappa shape index (κ2) is 5.53. The highest BCUT2D eigenvalue weighted by Crippen LogP contribution is 2.28. The van der Waals surface area contributed by atoms with E-state index in [-0.39, 0.29) is 0 Å². The van der Waals surface area contributed by atoms with Crippen molar-refractivity contribution in [2.45, 2.75) is 33.9 Å². The third-order valence-corrected chi connectivity index (χ3v) is 3.54. The number of nitrogen functional groups attached to an aromatic ring is 1. The van der Waals surface area contributed by atoms with Crippen molar-refractivity contribution < 1.29 is 4.74 Å². The third-order valence-electron chi connectivity index (χ3n) is 3.05. The first kappa shape index (κ1) is 13.7. The van der Waals surface area contributed by atoms with Crippen molar-refractivity contribution in [1.29, 1.82) is 0 Å². The summed E-state index contributed by atoms with van der Waals surface area (Å²) in [4.78, 5) is 0. The molecule has 0 saturated heterocycles.